The standard InChI is InChI=1S/C20H14ClN3O2S.ClH/c21-17-13(10-5-2-1-3-6-10)15-16(25)14(19(26)24-20(15)27-17)11-7-4-8-12(9-11)18(22)23;/h1-9H,(H3,22,23)(H2,24,25,26);1H. The zero-order valence-electron chi connectivity index (χ0n) is 14.3. The number of pyridine rings is 1. The molecule has 0 radical (unpaired) electrons. The zero-order chi connectivity index (χ0) is 19.1. The number of benzene rings is 2. The van der Waals surface area contributed by atoms with Crippen molar-refractivity contribution in [3.05, 3.63) is 74.9 Å². The molecule has 0 bridgehead atoms. The lowest BCUT2D eigenvalue weighted by Gasteiger charge is -2.09. The molecule has 0 aliphatic carbocycles. The number of rotatable bonds is 3. The Morgan fingerprint density at radius 3 is 2.43 bits per heavy atom. The summed E-state index contributed by atoms with van der Waals surface area (Å²) in [6.45, 7) is 0. The number of thiophene rings is 1. The van der Waals surface area contributed by atoms with Crippen LogP contribution in [0.1, 0.15) is 5.56 Å². The SMILES string of the molecule is Cl.N=C(N)c1cccc(-c2c(O)c3c(-c4ccccc4)c(Cl)sc3[nH]c2=O)c1. The van der Waals surface area contributed by atoms with Gasteiger partial charge in [-0.1, -0.05) is 60.1 Å². The van der Waals surface area contributed by atoms with Gasteiger partial charge in [-0.3, -0.25) is 10.2 Å². The van der Waals surface area contributed by atoms with Gasteiger partial charge in [-0.2, -0.15) is 0 Å². The quantitative estimate of drug-likeness (QED) is 0.271. The number of hydrogen-bond donors (Lipinski definition) is 4. The Morgan fingerprint density at radius 2 is 1.75 bits per heavy atom. The summed E-state index contributed by atoms with van der Waals surface area (Å²) in [6, 6.07) is 16.1. The summed E-state index contributed by atoms with van der Waals surface area (Å²) in [5.74, 6) is -0.256. The first-order valence-electron chi connectivity index (χ1n) is 8.05. The molecule has 142 valence electrons. The molecule has 4 aromatic rings. The summed E-state index contributed by atoms with van der Waals surface area (Å²) in [5.41, 5.74) is 7.71. The molecule has 28 heavy (non-hydrogen) atoms. The van der Waals surface area contributed by atoms with Gasteiger partial charge in [0.2, 0.25) is 0 Å². The highest BCUT2D eigenvalue weighted by atomic mass is 35.5. The number of amidine groups is 1. The van der Waals surface area contributed by atoms with Crippen molar-refractivity contribution >= 4 is 51.4 Å². The molecule has 2 heterocycles. The van der Waals surface area contributed by atoms with Crippen molar-refractivity contribution in [3.8, 4) is 28.0 Å². The Kier molecular flexibility index (Phi) is 5.47. The third-order valence-corrected chi connectivity index (χ3v) is 5.63. The Morgan fingerprint density at radius 1 is 1.07 bits per heavy atom. The van der Waals surface area contributed by atoms with Gasteiger partial charge in [-0.05, 0) is 17.2 Å². The Bertz CT molecular complexity index is 1250. The predicted octanol–water partition coefficient (Wildman–Crippen LogP) is 4.99. The predicted molar refractivity (Wildman–Crippen MR) is 118 cm³/mol. The van der Waals surface area contributed by atoms with Crippen LogP contribution < -0.4 is 11.3 Å². The van der Waals surface area contributed by atoms with Gasteiger partial charge in [-0.15, -0.1) is 23.7 Å². The van der Waals surface area contributed by atoms with E-state index < -0.39 is 5.56 Å². The van der Waals surface area contributed by atoms with E-state index in [2.05, 4.69) is 4.98 Å². The number of H-pyrrole nitrogens is 1. The third kappa shape index (κ3) is 3.26. The molecule has 0 saturated carbocycles. The van der Waals surface area contributed by atoms with Crippen molar-refractivity contribution in [1.82, 2.24) is 4.98 Å². The molecule has 0 aliphatic rings. The smallest absolute Gasteiger partial charge is 0.260 e. The van der Waals surface area contributed by atoms with Crippen molar-refractivity contribution in [2.75, 3.05) is 0 Å². The summed E-state index contributed by atoms with van der Waals surface area (Å²) in [4.78, 5) is 16.0. The van der Waals surface area contributed by atoms with Crippen molar-refractivity contribution in [2.24, 2.45) is 5.73 Å². The normalized spacial score (nSPS) is 10.6. The fourth-order valence-electron chi connectivity index (χ4n) is 3.09. The molecule has 0 amide bonds. The van der Waals surface area contributed by atoms with Crippen LogP contribution in [-0.2, 0) is 0 Å². The first-order valence-corrected chi connectivity index (χ1v) is 9.24. The second-order valence-electron chi connectivity index (χ2n) is 5.99. The molecule has 5 nitrogen and oxygen atoms in total. The highest BCUT2D eigenvalue weighted by molar-refractivity contribution is 7.23. The minimum absolute atomic E-state index is 0. The average Bonchev–Trinajstić information content (AvgIpc) is 2.98. The van der Waals surface area contributed by atoms with Gasteiger partial charge in [0.1, 0.15) is 20.8 Å². The van der Waals surface area contributed by atoms with Crippen molar-refractivity contribution in [1.29, 1.82) is 5.41 Å². The maximum atomic E-state index is 12.7. The molecule has 2 aromatic heterocycles. The summed E-state index contributed by atoms with van der Waals surface area (Å²) >= 11 is 7.64. The Labute approximate surface area is 175 Å². The number of hydrogen-bond acceptors (Lipinski definition) is 4. The van der Waals surface area contributed by atoms with E-state index in [0.717, 1.165) is 5.56 Å². The number of nitrogens with two attached hydrogens (primary N) is 1. The van der Waals surface area contributed by atoms with Gasteiger partial charge in [0, 0.05) is 11.1 Å². The van der Waals surface area contributed by atoms with Gasteiger partial charge >= 0.3 is 0 Å². The first-order chi connectivity index (χ1) is 13.0. The van der Waals surface area contributed by atoms with Crippen LogP contribution in [0.4, 0.5) is 0 Å². The van der Waals surface area contributed by atoms with Gasteiger partial charge in [0.15, 0.2) is 0 Å². The minimum atomic E-state index is -0.432. The largest absolute Gasteiger partial charge is 0.506 e. The van der Waals surface area contributed by atoms with Crippen molar-refractivity contribution in [2.45, 2.75) is 0 Å². The summed E-state index contributed by atoms with van der Waals surface area (Å²) in [5, 5.41) is 19.1. The molecule has 8 heteroatoms. The third-order valence-electron chi connectivity index (χ3n) is 4.32. The highest BCUT2D eigenvalue weighted by Crippen LogP contribution is 2.46. The molecule has 0 spiro atoms. The number of aromatic hydroxyl groups is 1. The van der Waals surface area contributed by atoms with Gasteiger partial charge in [0.05, 0.1) is 10.9 Å². The molecule has 0 fully saturated rings. The monoisotopic (exact) mass is 431 g/mol. The van der Waals surface area contributed by atoms with E-state index in [1.165, 1.54) is 11.3 Å². The van der Waals surface area contributed by atoms with Crippen LogP contribution in [0, 0.1) is 5.41 Å². The topological polar surface area (TPSA) is 103 Å². The highest BCUT2D eigenvalue weighted by Gasteiger charge is 2.22. The molecule has 4 rings (SSSR count). The molecule has 0 atom stereocenters. The average molecular weight is 432 g/mol. The van der Waals surface area contributed by atoms with Gasteiger partial charge in [-0.25, -0.2) is 0 Å². The molecule has 5 N–H and O–H groups in total. The van der Waals surface area contributed by atoms with Crippen molar-refractivity contribution < 1.29 is 5.11 Å². The number of nitrogens with one attached hydrogen (secondary N) is 2. The van der Waals surface area contributed by atoms with Crippen LogP contribution in [0.5, 0.6) is 5.75 Å². The summed E-state index contributed by atoms with van der Waals surface area (Å²) < 4.78 is 0.483. The van der Waals surface area contributed by atoms with Crippen LogP contribution in [0.15, 0.2) is 59.4 Å². The van der Waals surface area contributed by atoms with E-state index in [-0.39, 0.29) is 29.6 Å². The second-order valence-corrected chi connectivity index (χ2v) is 7.62. The van der Waals surface area contributed by atoms with Crippen LogP contribution in [0.2, 0.25) is 4.34 Å². The molecule has 0 aliphatic heterocycles. The molecular weight excluding hydrogens is 417 g/mol. The lowest BCUT2D eigenvalue weighted by Crippen LogP contribution is -2.12. The van der Waals surface area contributed by atoms with Gasteiger partial charge in [0.25, 0.3) is 5.56 Å². The number of aromatic nitrogens is 1. The zero-order valence-corrected chi connectivity index (χ0v) is 16.7. The molecule has 0 unspecified atom stereocenters. The lowest BCUT2D eigenvalue weighted by molar-refractivity contribution is 0.483. The number of nitrogen functional groups attached to an aromatic ring is 1. The van der Waals surface area contributed by atoms with E-state index >= 15 is 0 Å². The Balaban J connectivity index is 0.00000225. The van der Waals surface area contributed by atoms with E-state index in [9.17, 15) is 9.90 Å². The second kappa shape index (κ2) is 7.67. The van der Waals surface area contributed by atoms with E-state index in [0.29, 0.717) is 31.2 Å². The van der Waals surface area contributed by atoms with Crippen LogP contribution in [0.25, 0.3) is 32.5 Å². The fourth-order valence-corrected chi connectivity index (χ4v) is 4.47. The van der Waals surface area contributed by atoms with E-state index in [1.54, 1.807) is 24.3 Å². The van der Waals surface area contributed by atoms with E-state index in [1.807, 2.05) is 30.3 Å². The maximum absolute atomic E-state index is 12.7. The van der Waals surface area contributed by atoms with Crippen LogP contribution in [0.3, 0.4) is 0 Å². The molecular formula is C20H15Cl2N3O2S. The fraction of sp³-hybridized carbons (Fsp3) is 0. The van der Waals surface area contributed by atoms with Crippen molar-refractivity contribution in [3.63, 3.8) is 0 Å². The maximum Gasteiger partial charge on any atom is 0.260 e. The minimum Gasteiger partial charge on any atom is -0.506 e. The van der Waals surface area contributed by atoms with Gasteiger partial charge < -0.3 is 15.8 Å². The summed E-state index contributed by atoms with van der Waals surface area (Å²) in [7, 11) is 0. The van der Waals surface area contributed by atoms with E-state index in [4.69, 9.17) is 22.7 Å². The number of halogens is 2. The summed E-state index contributed by atoms with van der Waals surface area (Å²) in [6.07, 6.45) is 0. The number of fused-ring (bicyclic) bond motifs is 1. The Hall–Kier alpha value is -2.80. The lowest BCUT2D eigenvalue weighted by atomic mass is 9.99. The van der Waals surface area contributed by atoms with Crippen LogP contribution in [-0.4, -0.2) is 15.9 Å². The van der Waals surface area contributed by atoms with Crippen LogP contribution >= 0.6 is 35.3 Å². The molecule has 2 aromatic carbocycles. The number of aromatic amines is 1. The molecule has 0 saturated heterocycles. The first kappa shape index (κ1) is 19.9.